The largest absolute Gasteiger partial charge is 0.433 e. The molecule has 0 saturated heterocycles. The molecule has 1 aromatic rings. The molecule has 1 aliphatic carbocycles. The summed E-state index contributed by atoms with van der Waals surface area (Å²) in [5.74, 6) is 1.61. The maximum Gasteiger partial charge on any atom is 0.433 e. The van der Waals surface area contributed by atoms with Gasteiger partial charge in [-0.25, -0.2) is 0 Å². The summed E-state index contributed by atoms with van der Waals surface area (Å²) in [5, 5.41) is 10.5. The summed E-state index contributed by atoms with van der Waals surface area (Å²) >= 11 is 5.82. The number of halogens is 1. The third kappa shape index (κ3) is 1.53. The molecule has 0 aliphatic heterocycles. The minimum absolute atomic E-state index is 0.0907. The van der Waals surface area contributed by atoms with Crippen LogP contribution in [0.25, 0.3) is 0 Å². The molecule has 5 heteroatoms. The summed E-state index contributed by atoms with van der Waals surface area (Å²) in [5.41, 5.74) is 0.0907. The predicted octanol–water partition coefficient (Wildman–Crippen LogP) is 3.17. The van der Waals surface area contributed by atoms with Crippen LogP contribution in [0.3, 0.4) is 0 Å². The van der Waals surface area contributed by atoms with E-state index in [2.05, 4.69) is 13.8 Å². The van der Waals surface area contributed by atoms with E-state index in [-0.39, 0.29) is 17.2 Å². The molecule has 2 atom stereocenters. The van der Waals surface area contributed by atoms with Crippen molar-refractivity contribution in [2.24, 2.45) is 11.3 Å². The molecule has 82 valence electrons. The Morgan fingerprint density at radius 3 is 2.67 bits per heavy atom. The molecule has 1 fully saturated rings. The molecule has 15 heavy (non-hydrogen) atoms. The first-order valence-electron chi connectivity index (χ1n) is 4.78. The van der Waals surface area contributed by atoms with E-state index in [4.69, 9.17) is 16.0 Å². The second kappa shape index (κ2) is 3.23. The predicted molar refractivity (Wildman–Crippen MR) is 56.1 cm³/mol. The number of hydrogen-bond acceptors (Lipinski definition) is 3. The van der Waals surface area contributed by atoms with Gasteiger partial charge in [-0.2, -0.15) is 0 Å². The lowest BCUT2D eigenvalue weighted by Gasteiger charge is -1.97. The van der Waals surface area contributed by atoms with Gasteiger partial charge in [-0.3, -0.25) is 10.1 Å². The SMILES string of the molecule is CC1(C)C(CCl)C1c1ccc([N+](=O)[O-])o1. The van der Waals surface area contributed by atoms with Crippen molar-refractivity contribution in [3.8, 4) is 0 Å². The van der Waals surface area contributed by atoms with Crippen LogP contribution in [0, 0.1) is 21.4 Å². The highest BCUT2D eigenvalue weighted by atomic mass is 35.5. The fourth-order valence-corrected chi connectivity index (χ4v) is 2.78. The molecule has 1 saturated carbocycles. The van der Waals surface area contributed by atoms with Crippen molar-refractivity contribution in [2.45, 2.75) is 19.8 Å². The molecule has 1 aromatic heterocycles. The molecule has 1 aliphatic rings. The topological polar surface area (TPSA) is 56.3 Å². The first kappa shape index (κ1) is 10.5. The van der Waals surface area contributed by atoms with Crippen LogP contribution in [0.5, 0.6) is 0 Å². The van der Waals surface area contributed by atoms with Gasteiger partial charge < -0.3 is 4.42 Å². The van der Waals surface area contributed by atoms with Crippen LogP contribution >= 0.6 is 11.6 Å². The molecule has 2 unspecified atom stereocenters. The Bertz CT molecular complexity index is 399. The first-order valence-corrected chi connectivity index (χ1v) is 5.32. The van der Waals surface area contributed by atoms with E-state index in [1.165, 1.54) is 6.07 Å². The monoisotopic (exact) mass is 229 g/mol. The van der Waals surface area contributed by atoms with Gasteiger partial charge in [0.2, 0.25) is 0 Å². The lowest BCUT2D eigenvalue weighted by molar-refractivity contribution is -0.402. The standard InChI is InChI=1S/C10H12ClNO3/c1-10(2)6(5-11)9(10)7-3-4-8(15-7)12(13)14/h3-4,6,9H,5H2,1-2H3. The molecule has 0 spiro atoms. The first-order chi connectivity index (χ1) is 6.98. The maximum absolute atomic E-state index is 10.5. The van der Waals surface area contributed by atoms with Gasteiger partial charge in [-0.15, -0.1) is 11.6 Å². The average Bonchev–Trinajstić information content (AvgIpc) is 2.58. The van der Waals surface area contributed by atoms with E-state index in [0.29, 0.717) is 17.6 Å². The minimum atomic E-state index is -0.519. The van der Waals surface area contributed by atoms with Crippen molar-refractivity contribution < 1.29 is 9.34 Å². The van der Waals surface area contributed by atoms with Crippen molar-refractivity contribution in [3.63, 3.8) is 0 Å². The molecule has 0 aromatic carbocycles. The van der Waals surface area contributed by atoms with Gasteiger partial charge >= 0.3 is 5.88 Å². The Morgan fingerprint density at radius 1 is 1.60 bits per heavy atom. The third-order valence-corrected chi connectivity index (χ3v) is 3.65. The molecule has 0 bridgehead atoms. The molecule has 0 amide bonds. The Hall–Kier alpha value is -1.03. The van der Waals surface area contributed by atoms with Crippen molar-refractivity contribution >= 4 is 17.5 Å². The van der Waals surface area contributed by atoms with Crippen LogP contribution in [-0.4, -0.2) is 10.8 Å². The van der Waals surface area contributed by atoms with Crippen LogP contribution in [0.15, 0.2) is 16.5 Å². The Morgan fingerprint density at radius 2 is 2.27 bits per heavy atom. The zero-order valence-electron chi connectivity index (χ0n) is 8.57. The smallest absolute Gasteiger partial charge is 0.406 e. The molecular formula is C10H12ClNO3. The number of nitro groups is 1. The van der Waals surface area contributed by atoms with Gasteiger partial charge in [-0.1, -0.05) is 13.8 Å². The summed E-state index contributed by atoms with van der Waals surface area (Å²) in [4.78, 5) is 9.94. The number of furan rings is 1. The molecule has 2 rings (SSSR count). The van der Waals surface area contributed by atoms with Gasteiger partial charge in [0.05, 0.1) is 6.07 Å². The molecule has 4 nitrogen and oxygen atoms in total. The minimum Gasteiger partial charge on any atom is -0.406 e. The quantitative estimate of drug-likeness (QED) is 0.454. The van der Waals surface area contributed by atoms with E-state index in [1.807, 2.05) is 0 Å². The average molecular weight is 230 g/mol. The van der Waals surface area contributed by atoms with Crippen molar-refractivity contribution in [1.29, 1.82) is 0 Å². The molecule has 0 N–H and O–H groups in total. The lowest BCUT2D eigenvalue weighted by atomic mass is 10.1. The highest BCUT2D eigenvalue weighted by Crippen LogP contribution is 2.65. The summed E-state index contributed by atoms with van der Waals surface area (Å²) in [6.07, 6.45) is 0. The lowest BCUT2D eigenvalue weighted by Crippen LogP contribution is -1.90. The maximum atomic E-state index is 10.5. The summed E-state index contributed by atoms with van der Waals surface area (Å²) < 4.78 is 5.18. The summed E-state index contributed by atoms with van der Waals surface area (Å²) in [6, 6.07) is 3.08. The van der Waals surface area contributed by atoms with Crippen molar-refractivity contribution in [2.75, 3.05) is 5.88 Å². The highest BCUT2D eigenvalue weighted by molar-refractivity contribution is 6.18. The van der Waals surface area contributed by atoms with Gasteiger partial charge in [0.1, 0.15) is 10.7 Å². The van der Waals surface area contributed by atoms with Gasteiger partial charge in [-0.05, 0) is 17.4 Å². The number of rotatable bonds is 3. The highest BCUT2D eigenvalue weighted by Gasteiger charge is 2.59. The molecule has 0 radical (unpaired) electrons. The third-order valence-electron chi connectivity index (χ3n) is 3.32. The van der Waals surface area contributed by atoms with Gasteiger partial charge in [0.15, 0.2) is 0 Å². The zero-order chi connectivity index (χ0) is 11.2. The Labute approximate surface area is 92.4 Å². The van der Waals surface area contributed by atoms with Gasteiger partial charge in [0.25, 0.3) is 0 Å². The van der Waals surface area contributed by atoms with Crippen LogP contribution in [-0.2, 0) is 0 Å². The summed E-state index contributed by atoms with van der Waals surface area (Å²) in [6.45, 7) is 4.19. The molecule has 1 heterocycles. The van der Waals surface area contributed by atoms with E-state index in [0.717, 1.165) is 0 Å². The second-order valence-electron chi connectivity index (χ2n) is 4.49. The van der Waals surface area contributed by atoms with Crippen molar-refractivity contribution in [1.82, 2.24) is 0 Å². The van der Waals surface area contributed by atoms with Gasteiger partial charge in [0, 0.05) is 11.8 Å². The fourth-order valence-electron chi connectivity index (χ4n) is 2.20. The van der Waals surface area contributed by atoms with E-state index >= 15 is 0 Å². The van der Waals surface area contributed by atoms with E-state index in [9.17, 15) is 10.1 Å². The fraction of sp³-hybridized carbons (Fsp3) is 0.600. The van der Waals surface area contributed by atoms with Crippen LogP contribution in [0.2, 0.25) is 0 Å². The van der Waals surface area contributed by atoms with E-state index in [1.54, 1.807) is 6.07 Å². The number of hydrogen-bond donors (Lipinski definition) is 0. The van der Waals surface area contributed by atoms with Crippen LogP contribution < -0.4 is 0 Å². The summed E-state index contributed by atoms with van der Waals surface area (Å²) in [7, 11) is 0. The second-order valence-corrected chi connectivity index (χ2v) is 4.80. The molecular weight excluding hydrogens is 218 g/mol. The van der Waals surface area contributed by atoms with Crippen molar-refractivity contribution in [3.05, 3.63) is 28.0 Å². The number of nitrogens with zero attached hydrogens (tertiary/aromatic N) is 1. The Balaban J connectivity index is 2.22. The van der Waals surface area contributed by atoms with Crippen LogP contribution in [0.4, 0.5) is 5.88 Å². The number of alkyl halides is 1. The Kier molecular flexibility index (Phi) is 2.26. The zero-order valence-corrected chi connectivity index (χ0v) is 9.32. The normalized spacial score (nSPS) is 27.7. The van der Waals surface area contributed by atoms with E-state index < -0.39 is 4.92 Å². The van der Waals surface area contributed by atoms with Crippen LogP contribution in [0.1, 0.15) is 25.5 Å².